The third kappa shape index (κ3) is 2.65. The summed E-state index contributed by atoms with van der Waals surface area (Å²) in [6, 6.07) is 5.05. The molecule has 7 heteroatoms. The molecule has 0 spiro atoms. The third-order valence-corrected chi connectivity index (χ3v) is 3.51. The van der Waals surface area contributed by atoms with E-state index in [4.69, 9.17) is 9.47 Å². The number of carbonyl (C=O) groups excluding carboxylic acids is 1. The molecular formula is C15H16N4O3. The molecule has 1 aromatic carbocycles. The molecule has 114 valence electrons. The van der Waals surface area contributed by atoms with Crippen LogP contribution in [-0.4, -0.2) is 35.1 Å². The van der Waals surface area contributed by atoms with Crippen molar-refractivity contribution in [3.05, 3.63) is 42.0 Å². The van der Waals surface area contributed by atoms with Gasteiger partial charge in [-0.25, -0.2) is 14.8 Å². The number of nitrogens with one attached hydrogen (secondary N) is 1. The zero-order valence-electron chi connectivity index (χ0n) is 12.4. The molecule has 0 fully saturated rings. The number of carbonyl (C=O) groups is 1. The first-order valence-corrected chi connectivity index (χ1v) is 6.77. The van der Waals surface area contributed by atoms with Crippen LogP contribution < -0.4 is 14.8 Å². The SMILES string of the molecule is COc1ccc(NC(=O)N2Cc3cncnc3C2)cc1OC. The lowest BCUT2D eigenvalue weighted by atomic mass is 10.3. The van der Waals surface area contributed by atoms with Crippen LogP contribution in [0, 0.1) is 0 Å². The fourth-order valence-electron chi connectivity index (χ4n) is 2.36. The van der Waals surface area contributed by atoms with Crippen molar-refractivity contribution in [1.29, 1.82) is 0 Å². The molecule has 0 unspecified atom stereocenters. The molecule has 3 rings (SSSR count). The van der Waals surface area contributed by atoms with Crippen LogP contribution in [-0.2, 0) is 13.1 Å². The van der Waals surface area contributed by atoms with Gasteiger partial charge in [-0.1, -0.05) is 0 Å². The number of ether oxygens (including phenoxy) is 2. The van der Waals surface area contributed by atoms with Gasteiger partial charge in [-0.3, -0.25) is 0 Å². The summed E-state index contributed by atoms with van der Waals surface area (Å²) in [5, 5.41) is 2.85. The smallest absolute Gasteiger partial charge is 0.322 e. The molecule has 22 heavy (non-hydrogen) atoms. The van der Waals surface area contributed by atoms with Crippen molar-refractivity contribution in [3.63, 3.8) is 0 Å². The Kier molecular flexibility index (Phi) is 3.78. The lowest BCUT2D eigenvalue weighted by Crippen LogP contribution is -2.30. The molecule has 1 N–H and O–H groups in total. The number of anilines is 1. The summed E-state index contributed by atoms with van der Waals surface area (Å²) in [5.74, 6) is 1.18. The van der Waals surface area contributed by atoms with Crippen molar-refractivity contribution in [3.8, 4) is 11.5 Å². The Morgan fingerprint density at radius 1 is 1.23 bits per heavy atom. The van der Waals surface area contributed by atoms with E-state index in [1.165, 1.54) is 6.33 Å². The Bertz CT molecular complexity index is 680. The topological polar surface area (TPSA) is 76.6 Å². The van der Waals surface area contributed by atoms with Gasteiger partial charge in [0.15, 0.2) is 11.5 Å². The number of benzene rings is 1. The monoisotopic (exact) mass is 300 g/mol. The molecule has 1 aromatic heterocycles. The Hall–Kier alpha value is -2.83. The third-order valence-electron chi connectivity index (χ3n) is 3.51. The number of nitrogens with zero attached hydrogens (tertiary/aromatic N) is 3. The summed E-state index contributed by atoms with van der Waals surface area (Å²) in [6.07, 6.45) is 3.24. The summed E-state index contributed by atoms with van der Waals surface area (Å²) in [5.41, 5.74) is 2.51. The molecule has 0 radical (unpaired) electrons. The van der Waals surface area contributed by atoms with Gasteiger partial charge >= 0.3 is 6.03 Å². The molecule has 1 aliphatic heterocycles. The molecule has 0 saturated carbocycles. The van der Waals surface area contributed by atoms with E-state index in [1.54, 1.807) is 43.5 Å². The number of fused-ring (bicyclic) bond motifs is 1. The lowest BCUT2D eigenvalue weighted by Gasteiger charge is -2.17. The van der Waals surface area contributed by atoms with E-state index in [1.807, 2.05) is 0 Å². The normalized spacial score (nSPS) is 12.7. The van der Waals surface area contributed by atoms with E-state index in [0.717, 1.165) is 11.3 Å². The molecule has 0 aliphatic carbocycles. The maximum atomic E-state index is 12.3. The largest absolute Gasteiger partial charge is 0.493 e. The highest BCUT2D eigenvalue weighted by molar-refractivity contribution is 5.90. The number of aromatic nitrogens is 2. The molecule has 7 nitrogen and oxygen atoms in total. The van der Waals surface area contributed by atoms with Gasteiger partial charge < -0.3 is 19.7 Å². The fourth-order valence-corrected chi connectivity index (χ4v) is 2.36. The van der Waals surface area contributed by atoms with E-state index < -0.39 is 0 Å². The molecule has 2 amide bonds. The van der Waals surface area contributed by atoms with E-state index in [2.05, 4.69) is 15.3 Å². The quantitative estimate of drug-likeness (QED) is 0.938. The Labute approximate surface area is 127 Å². The number of urea groups is 1. The highest BCUT2D eigenvalue weighted by Crippen LogP contribution is 2.30. The first-order valence-electron chi connectivity index (χ1n) is 6.77. The molecule has 1 aliphatic rings. The second-order valence-electron chi connectivity index (χ2n) is 4.85. The van der Waals surface area contributed by atoms with Crippen LogP contribution in [0.3, 0.4) is 0 Å². The first kappa shape index (κ1) is 14.1. The van der Waals surface area contributed by atoms with Crippen molar-refractivity contribution in [2.75, 3.05) is 19.5 Å². The van der Waals surface area contributed by atoms with Crippen molar-refractivity contribution in [2.24, 2.45) is 0 Å². The van der Waals surface area contributed by atoms with E-state index in [9.17, 15) is 4.79 Å². The maximum Gasteiger partial charge on any atom is 0.322 e. The van der Waals surface area contributed by atoms with Crippen LogP contribution in [0.4, 0.5) is 10.5 Å². The van der Waals surface area contributed by atoms with E-state index in [0.29, 0.717) is 30.3 Å². The first-order chi connectivity index (χ1) is 10.7. The van der Waals surface area contributed by atoms with Crippen LogP contribution in [0.5, 0.6) is 11.5 Å². The van der Waals surface area contributed by atoms with Crippen LogP contribution >= 0.6 is 0 Å². The second kappa shape index (κ2) is 5.88. The van der Waals surface area contributed by atoms with Gasteiger partial charge in [-0.15, -0.1) is 0 Å². The van der Waals surface area contributed by atoms with Gasteiger partial charge in [-0.05, 0) is 12.1 Å². The van der Waals surface area contributed by atoms with Gasteiger partial charge in [0.2, 0.25) is 0 Å². The number of hydrogen-bond acceptors (Lipinski definition) is 5. The number of amides is 2. The van der Waals surface area contributed by atoms with Crippen molar-refractivity contribution in [2.45, 2.75) is 13.1 Å². The van der Waals surface area contributed by atoms with Gasteiger partial charge in [0, 0.05) is 23.5 Å². The molecule has 2 heterocycles. The Morgan fingerprint density at radius 3 is 2.77 bits per heavy atom. The molecule has 2 aromatic rings. The minimum absolute atomic E-state index is 0.190. The predicted molar refractivity (Wildman–Crippen MR) is 79.8 cm³/mol. The van der Waals surface area contributed by atoms with Crippen molar-refractivity contribution in [1.82, 2.24) is 14.9 Å². The van der Waals surface area contributed by atoms with Crippen molar-refractivity contribution >= 4 is 11.7 Å². The standard InChI is InChI=1S/C15H16N4O3/c1-21-13-4-3-11(5-14(13)22-2)18-15(20)19-7-10-6-16-9-17-12(10)8-19/h3-6,9H,7-8H2,1-2H3,(H,18,20). The second-order valence-corrected chi connectivity index (χ2v) is 4.85. The Morgan fingerprint density at radius 2 is 2.05 bits per heavy atom. The van der Waals surface area contributed by atoms with Crippen LogP contribution in [0.15, 0.2) is 30.7 Å². The summed E-state index contributed by atoms with van der Waals surface area (Å²) < 4.78 is 10.4. The molecule has 0 saturated heterocycles. The summed E-state index contributed by atoms with van der Waals surface area (Å²) in [7, 11) is 3.12. The van der Waals surface area contributed by atoms with Crippen molar-refractivity contribution < 1.29 is 14.3 Å². The lowest BCUT2D eigenvalue weighted by molar-refractivity contribution is 0.212. The van der Waals surface area contributed by atoms with Gasteiger partial charge in [0.25, 0.3) is 0 Å². The highest BCUT2D eigenvalue weighted by atomic mass is 16.5. The van der Waals surface area contributed by atoms with E-state index in [-0.39, 0.29) is 6.03 Å². The maximum absolute atomic E-state index is 12.3. The van der Waals surface area contributed by atoms with Gasteiger partial charge in [0.1, 0.15) is 6.33 Å². The highest BCUT2D eigenvalue weighted by Gasteiger charge is 2.24. The Balaban J connectivity index is 1.71. The fraction of sp³-hybridized carbons (Fsp3) is 0.267. The van der Waals surface area contributed by atoms with Gasteiger partial charge in [0.05, 0.1) is 33.0 Å². The zero-order valence-corrected chi connectivity index (χ0v) is 12.4. The minimum Gasteiger partial charge on any atom is -0.493 e. The summed E-state index contributed by atoms with van der Waals surface area (Å²) in [4.78, 5) is 22.2. The minimum atomic E-state index is -0.190. The predicted octanol–water partition coefficient (Wildman–Crippen LogP) is 2.04. The molecule has 0 bridgehead atoms. The van der Waals surface area contributed by atoms with Crippen LogP contribution in [0.25, 0.3) is 0 Å². The number of rotatable bonds is 3. The average Bonchev–Trinajstić information content (AvgIpc) is 2.99. The van der Waals surface area contributed by atoms with Gasteiger partial charge in [-0.2, -0.15) is 0 Å². The summed E-state index contributed by atoms with van der Waals surface area (Å²) >= 11 is 0. The van der Waals surface area contributed by atoms with Crippen LogP contribution in [0.1, 0.15) is 11.3 Å². The molecular weight excluding hydrogens is 284 g/mol. The van der Waals surface area contributed by atoms with Crippen LogP contribution in [0.2, 0.25) is 0 Å². The zero-order chi connectivity index (χ0) is 15.5. The van der Waals surface area contributed by atoms with E-state index >= 15 is 0 Å². The summed E-state index contributed by atoms with van der Waals surface area (Å²) in [6.45, 7) is 0.992. The number of methoxy groups -OCH3 is 2. The number of hydrogen-bond donors (Lipinski definition) is 1. The molecule has 0 atom stereocenters. The average molecular weight is 300 g/mol.